The molecule has 1 rings (SSSR count). The number of carbonyl (C=O) groups excluding carboxylic acids is 2. The summed E-state index contributed by atoms with van der Waals surface area (Å²) in [5, 5.41) is 2.30. The molecule has 1 aliphatic carbocycles. The van der Waals surface area contributed by atoms with Gasteiger partial charge in [0.25, 0.3) is 10.1 Å². The minimum absolute atomic E-state index is 0.110. The Hall–Kier alpha value is -2.45. The third kappa shape index (κ3) is 12.2. The van der Waals surface area contributed by atoms with Crippen LogP contribution in [0, 0.1) is 5.41 Å². The van der Waals surface area contributed by atoms with E-state index in [-0.39, 0.29) is 12.0 Å². The molecule has 0 unspecified atom stereocenters. The number of allylic oxidation sites excluding steroid dienone is 9. The molecule has 1 atom stereocenters. The molecule has 0 aliphatic heterocycles. The van der Waals surface area contributed by atoms with Crippen LogP contribution in [0.4, 0.5) is 0 Å². The van der Waals surface area contributed by atoms with E-state index in [0.29, 0.717) is 12.0 Å². The maximum atomic E-state index is 12.3. The highest BCUT2D eigenvalue weighted by Crippen LogP contribution is 2.40. The van der Waals surface area contributed by atoms with E-state index in [9.17, 15) is 18.0 Å². The summed E-state index contributed by atoms with van der Waals surface area (Å²) in [6.45, 7) is 12.5. The number of unbranched alkanes of at least 4 members (excludes halogenated alkanes) is 1. The Bertz CT molecular complexity index is 1010. The van der Waals surface area contributed by atoms with Crippen LogP contribution in [0.25, 0.3) is 0 Å². The van der Waals surface area contributed by atoms with Gasteiger partial charge in [-0.2, -0.15) is 8.42 Å². The van der Waals surface area contributed by atoms with Crippen molar-refractivity contribution >= 4 is 22.0 Å². The van der Waals surface area contributed by atoms with Crippen LogP contribution in [0.3, 0.4) is 0 Å². The van der Waals surface area contributed by atoms with Gasteiger partial charge in [0.1, 0.15) is 11.8 Å². The van der Waals surface area contributed by atoms with Crippen molar-refractivity contribution in [1.82, 2.24) is 5.32 Å². The molecule has 0 aromatic carbocycles. The predicted octanol–water partition coefficient (Wildman–Crippen LogP) is 5.23. The zero-order valence-corrected chi connectivity index (χ0v) is 22.7. The Morgan fingerprint density at radius 2 is 1.89 bits per heavy atom. The minimum Gasteiger partial charge on any atom is -0.464 e. The third-order valence-corrected chi connectivity index (χ3v) is 6.61. The fourth-order valence-electron chi connectivity index (χ4n) is 3.90. The summed E-state index contributed by atoms with van der Waals surface area (Å²) in [6.07, 6.45) is 16.0. The average Bonchev–Trinajstić information content (AvgIpc) is 2.71. The Kier molecular flexibility index (Phi) is 12.4. The molecule has 0 saturated heterocycles. The summed E-state index contributed by atoms with van der Waals surface area (Å²) in [7, 11) is -4.49. The molecule has 8 heteroatoms. The van der Waals surface area contributed by atoms with Crippen LogP contribution in [0.15, 0.2) is 58.7 Å². The number of esters is 1. The number of amides is 1. The standard InChI is InChI=1S/C27H41NO6S/c1-7-8-17-34-26(30)24(19-35(31,32)33)28-25(29)18-21(3)12-9-11-20(2)14-15-23-22(4)13-10-16-27(23,5)6/h9,11-12,14-15,18,24H,7-8,10,13,16-17,19H2,1-6H3,(H,28,29)(H,31,32,33)/t24-/m0/s1. The molecule has 35 heavy (non-hydrogen) atoms. The smallest absolute Gasteiger partial charge is 0.329 e. The van der Waals surface area contributed by atoms with Gasteiger partial charge >= 0.3 is 5.97 Å². The van der Waals surface area contributed by atoms with Crippen molar-refractivity contribution in [3.8, 4) is 0 Å². The molecule has 2 N–H and O–H groups in total. The number of hydrogen-bond acceptors (Lipinski definition) is 5. The van der Waals surface area contributed by atoms with Gasteiger partial charge in [-0.3, -0.25) is 9.35 Å². The van der Waals surface area contributed by atoms with Crippen LogP contribution < -0.4 is 5.32 Å². The molecule has 0 bridgehead atoms. The van der Waals surface area contributed by atoms with E-state index in [1.54, 1.807) is 13.0 Å². The van der Waals surface area contributed by atoms with Gasteiger partial charge in [-0.05, 0) is 63.0 Å². The Balaban J connectivity index is 2.80. The van der Waals surface area contributed by atoms with E-state index in [1.165, 1.54) is 30.1 Å². The number of ether oxygens (including phenoxy) is 1. The Morgan fingerprint density at radius 3 is 2.49 bits per heavy atom. The molecule has 7 nitrogen and oxygen atoms in total. The largest absolute Gasteiger partial charge is 0.464 e. The lowest BCUT2D eigenvalue weighted by Crippen LogP contribution is -2.45. The number of nitrogens with one attached hydrogen (secondary N) is 1. The van der Waals surface area contributed by atoms with Crippen molar-refractivity contribution in [2.45, 2.75) is 79.7 Å². The first-order chi connectivity index (χ1) is 16.2. The average molecular weight is 508 g/mol. The van der Waals surface area contributed by atoms with Crippen molar-refractivity contribution in [3.05, 3.63) is 58.7 Å². The van der Waals surface area contributed by atoms with Crippen LogP contribution in [0.2, 0.25) is 0 Å². The normalized spacial score (nSPS) is 18.3. The lowest BCUT2D eigenvalue weighted by molar-refractivity contribution is -0.147. The minimum atomic E-state index is -4.49. The number of carbonyl (C=O) groups is 2. The van der Waals surface area contributed by atoms with Crippen LogP contribution in [0.1, 0.15) is 73.6 Å². The van der Waals surface area contributed by atoms with Gasteiger partial charge in [-0.15, -0.1) is 0 Å². The Morgan fingerprint density at radius 1 is 1.20 bits per heavy atom. The third-order valence-electron chi connectivity index (χ3n) is 5.85. The zero-order valence-electron chi connectivity index (χ0n) is 21.9. The molecule has 1 amide bonds. The quantitative estimate of drug-likeness (QED) is 0.123. The fourth-order valence-corrected chi connectivity index (χ4v) is 4.54. The molecule has 0 aromatic rings. The molecule has 0 saturated carbocycles. The van der Waals surface area contributed by atoms with Gasteiger partial charge in [0.05, 0.1) is 6.61 Å². The van der Waals surface area contributed by atoms with E-state index in [0.717, 1.165) is 18.4 Å². The first-order valence-corrected chi connectivity index (χ1v) is 13.7. The van der Waals surface area contributed by atoms with Gasteiger partial charge < -0.3 is 10.1 Å². The van der Waals surface area contributed by atoms with E-state index < -0.39 is 33.8 Å². The van der Waals surface area contributed by atoms with Crippen molar-refractivity contribution in [1.29, 1.82) is 0 Å². The second-order valence-electron chi connectivity index (χ2n) is 9.75. The lowest BCUT2D eigenvalue weighted by atomic mass is 9.72. The van der Waals surface area contributed by atoms with Crippen molar-refractivity contribution in [2.24, 2.45) is 5.41 Å². The molecular weight excluding hydrogens is 466 g/mol. The molecule has 0 aromatic heterocycles. The fraction of sp³-hybridized carbons (Fsp3) is 0.556. The van der Waals surface area contributed by atoms with Gasteiger partial charge in [-0.1, -0.05) is 68.7 Å². The monoisotopic (exact) mass is 507 g/mol. The first-order valence-electron chi connectivity index (χ1n) is 12.1. The van der Waals surface area contributed by atoms with Crippen LogP contribution in [-0.4, -0.2) is 43.2 Å². The molecule has 196 valence electrons. The van der Waals surface area contributed by atoms with Crippen molar-refractivity contribution in [3.63, 3.8) is 0 Å². The molecular formula is C27H41NO6S. The van der Waals surface area contributed by atoms with Gasteiger partial charge in [0, 0.05) is 6.08 Å². The van der Waals surface area contributed by atoms with Gasteiger partial charge in [0.15, 0.2) is 0 Å². The van der Waals surface area contributed by atoms with Crippen molar-refractivity contribution < 1.29 is 27.3 Å². The molecule has 0 fully saturated rings. The second kappa shape index (κ2) is 14.2. The predicted molar refractivity (Wildman–Crippen MR) is 140 cm³/mol. The summed E-state index contributed by atoms with van der Waals surface area (Å²) >= 11 is 0. The van der Waals surface area contributed by atoms with Crippen LogP contribution in [0.5, 0.6) is 0 Å². The molecule has 0 radical (unpaired) electrons. The second-order valence-corrected chi connectivity index (χ2v) is 11.3. The van der Waals surface area contributed by atoms with E-state index in [2.05, 4.69) is 38.2 Å². The van der Waals surface area contributed by atoms with E-state index in [4.69, 9.17) is 9.29 Å². The number of hydrogen-bond donors (Lipinski definition) is 2. The SMILES string of the molecule is CCCCOC(=O)[C@H](CS(=O)(=O)O)NC(=O)C=C(C)C=CC=C(C)C=CC1=C(C)CCCC1(C)C. The summed E-state index contributed by atoms with van der Waals surface area (Å²) in [6, 6.07) is -1.49. The molecule has 0 heterocycles. The van der Waals surface area contributed by atoms with Crippen LogP contribution in [-0.2, 0) is 24.4 Å². The maximum absolute atomic E-state index is 12.3. The van der Waals surface area contributed by atoms with Gasteiger partial charge in [-0.25, -0.2) is 4.79 Å². The summed E-state index contributed by atoms with van der Waals surface area (Å²) < 4.78 is 36.6. The molecule has 1 aliphatic rings. The van der Waals surface area contributed by atoms with Crippen LogP contribution >= 0.6 is 0 Å². The lowest BCUT2D eigenvalue weighted by Gasteiger charge is -2.32. The highest BCUT2D eigenvalue weighted by Gasteiger charge is 2.27. The summed E-state index contributed by atoms with van der Waals surface area (Å²) in [5.41, 5.74) is 4.67. The topological polar surface area (TPSA) is 110 Å². The Labute approximate surface area is 210 Å². The maximum Gasteiger partial charge on any atom is 0.329 e. The van der Waals surface area contributed by atoms with Crippen molar-refractivity contribution in [2.75, 3.05) is 12.4 Å². The molecule has 0 spiro atoms. The number of rotatable bonds is 12. The summed E-state index contributed by atoms with van der Waals surface area (Å²) in [5.74, 6) is -2.51. The zero-order chi connectivity index (χ0) is 26.6. The first kappa shape index (κ1) is 30.6. The van der Waals surface area contributed by atoms with E-state index in [1.807, 2.05) is 26.0 Å². The highest BCUT2D eigenvalue weighted by atomic mass is 32.2. The summed E-state index contributed by atoms with van der Waals surface area (Å²) in [4.78, 5) is 24.4. The van der Waals surface area contributed by atoms with Gasteiger partial charge in [0.2, 0.25) is 5.91 Å². The highest BCUT2D eigenvalue weighted by molar-refractivity contribution is 7.85. The van der Waals surface area contributed by atoms with E-state index >= 15 is 0 Å².